The molecule has 82 valence electrons. The van der Waals surface area contributed by atoms with Gasteiger partial charge in [-0.1, -0.05) is 31.9 Å². The molecule has 0 aromatic rings. The smallest absolute Gasteiger partial charge is 0.0198 e. The minimum absolute atomic E-state index is 0.774. The van der Waals surface area contributed by atoms with Crippen LogP contribution in [0.25, 0.3) is 0 Å². The number of hydrogen-bond acceptors (Lipinski definition) is 2. The summed E-state index contributed by atoms with van der Waals surface area (Å²) >= 11 is 4.25. The van der Waals surface area contributed by atoms with Crippen LogP contribution in [0.4, 0.5) is 0 Å². The van der Waals surface area contributed by atoms with Crippen LogP contribution in [-0.2, 0) is 0 Å². The van der Waals surface area contributed by atoms with Gasteiger partial charge in [-0.2, -0.15) is 12.6 Å². The largest absolute Gasteiger partial charge is 0.299 e. The summed E-state index contributed by atoms with van der Waals surface area (Å²) in [7, 11) is 2.22. The molecule has 1 nitrogen and oxygen atoms in total. The Morgan fingerprint density at radius 3 is 2.79 bits per heavy atom. The SMILES string of the molecule is C=C(CS)CN(C)C1CCCC(C)C1. The summed E-state index contributed by atoms with van der Waals surface area (Å²) in [6, 6.07) is 0.774. The fraction of sp³-hybridized carbons (Fsp3) is 0.833. The molecule has 2 atom stereocenters. The van der Waals surface area contributed by atoms with Gasteiger partial charge in [-0.3, -0.25) is 4.90 Å². The summed E-state index contributed by atoms with van der Waals surface area (Å²) in [5.74, 6) is 1.72. The van der Waals surface area contributed by atoms with Gasteiger partial charge in [-0.15, -0.1) is 0 Å². The second kappa shape index (κ2) is 5.82. The van der Waals surface area contributed by atoms with Crippen LogP contribution in [0, 0.1) is 5.92 Å². The lowest BCUT2D eigenvalue weighted by Gasteiger charge is -2.34. The van der Waals surface area contributed by atoms with Crippen molar-refractivity contribution in [2.75, 3.05) is 19.3 Å². The van der Waals surface area contributed by atoms with Crippen molar-refractivity contribution in [3.05, 3.63) is 12.2 Å². The summed E-state index contributed by atoms with van der Waals surface area (Å²) < 4.78 is 0. The van der Waals surface area contributed by atoms with Gasteiger partial charge in [0.2, 0.25) is 0 Å². The molecule has 1 aliphatic rings. The standard InChI is InChI=1S/C12H23NS/c1-10-5-4-6-12(7-10)13(3)8-11(2)9-14/h10,12,14H,2,4-9H2,1,3H3. The van der Waals surface area contributed by atoms with E-state index in [2.05, 4.69) is 38.1 Å². The third-order valence-electron chi connectivity index (χ3n) is 3.23. The Labute approximate surface area is 94.0 Å². The molecule has 0 aromatic heterocycles. The normalized spacial score (nSPS) is 28.0. The number of likely N-dealkylation sites (N-methyl/N-ethyl adjacent to an activating group) is 1. The molecule has 0 amide bonds. The zero-order valence-electron chi connectivity index (χ0n) is 9.50. The van der Waals surface area contributed by atoms with Crippen molar-refractivity contribution in [2.45, 2.75) is 38.6 Å². The molecular weight excluding hydrogens is 190 g/mol. The molecule has 2 heteroatoms. The molecule has 1 fully saturated rings. The van der Waals surface area contributed by atoms with Crippen LogP contribution in [0.5, 0.6) is 0 Å². The number of hydrogen-bond donors (Lipinski definition) is 1. The average Bonchev–Trinajstić information content (AvgIpc) is 2.17. The Morgan fingerprint density at radius 1 is 1.50 bits per heavy atom. The van der Waals surface area contributed by atoms with E-state index in [4.69, 9.17) is 0 Å². The highest BCUT2D eigenvalue weighted by molar-refractivity contribution is 7.80. The van der Waals surface area contributed by atoms with Gasteiger partial charge in [0.25, 0.3) is 0 Å². The Hall–Kier alpha value is 0.0500. The lowest BCUT2D eigenvalue weighted by atomic mass is 9.86. The molecule has 0 spiro atoms. The molecule has 1 rings (SSSR count). The summed E-state index contributed by atoms with van der Waals surface area (Å²) in [4.78, 5) is 2.45. The van der Waals surface area contributed by atoms with Gasteiger partial charge in [0.15, 0.2) is 0 Å². The van der Waals surface area contributed by atoms with Crippen LogP contribution in [0.2, 0.25) is 0 Å². The van der Waals surface area contributed by atoms with Crippen LogP contribution < -0.4 is 0 Å². The van der Waals surface area contributed by atoms with Gasteiger partial charge in [0.05, 0.1) is 0 Å². The van der Waals surface area contributed by atoms with Crippen molar-refractivity contribution in [2.24, 2.45) is 5.92 Å². The van der Waals surface area contributed by atoms with Crippen molar-refractivity contribution in [1.82, 2.24) is 4.90 Å². The van der Waals surface area contributed by atoms with Crippen molar-refractivity contribution >= 4 is 12.6 Å². The van der Waals surface area contributed by atoms with Gasteiger partial charge in [-0.25, -0.2) is 0 Å². The molecule has 0 radical (unpaired) electrons. The highest BCUT2D eigenvalue weighted by Gasteiger charge is 2.22. The van der Waals surface area contributed by atoms with Crippen molar-refractivity contribution in [1.29, 1.82) is 0 Å². The predicted octanol–water partition coefficient (Wildman–Crippen LogP) is 2.98. The first-order chi connectivity index (χ1) is 6.63. The minimum Gasteiger partial charge on any atom is -0.299 e. The lowest BCUT2D eigenvalue weighted by molar-refractivity contribution is 0.175. The van der Waals surface area contributed by atoms with Gasteiger partial charge in [0.1, 0.15) is 0 Å². The van der Waals surface area contributed by atoms with E-state index in [0.29, 0.717) is 0 Å². The summed E-state index contributed by atoms with van der Waals surface area (Å²) in [5, 5.41) is 0. The molecule has 0 bridgehead atoms. The zero-order valence-corrected chi connectivity index (χ0v) is 10.4. The Morgan fingerprint density at radius 2 is 2.21 bits per heavy atom. The molecule has 1 aliphatic carbocycles. The van der Waals surface area contributed by atoms with Crippen LogP contribution in [0.1, 0.15) is 32.6 Å². The van der Waals surface area contributed by atoms with E-state index in [1.807, 2.05) is 0 Å². The average molecular weight is 213 g/mol. The maximum absolute atomic E-state index is 4.25. The monoisotopic (exact) mass is 213 g/mol. The van der Waals surface area contributed by atoms with E-state index in [1.165, 1.54) is 31.3 Å². The molecule has 2 unspecified atom stereocenters. The number of thiol groups is 1. The summed E-state index contributed by atoms with van der Waals surface area (Å²) in [6.45, 7) is 7.39. The second-order valence-electron chi connectivity index (χ2n) is 4.75. The number of nitrogens with zero attached hydrogens (tertiary/aromatic N) is 1. The van der Waals surface area contributed by atoms with Crippen LogP contribution in [0.15, 0.2) is 12.2 Å². The Balaban J connectivity index is 2.35. The quantitative estimate of drug-likeness (QED) is 0.555. The van der Waals surface area contributed by atoms with Crippen LogP contribution in [0.3, 0.4) is 0 Å². The lowest BCUT2D eigenvalue weighted by Crippen LogP contribution is -2.36. The highest BCUT2D eigenvalue weighted by Crippen LogP contribution is 2.26. The predicted molar refractivity (Wildman–Crippen MR) is 67.0 cm³/mol. The van der Waals surface area contributed by atoms with Crippen molar-refractivity contribution < 1.29 is 0 Å². The zero-order chi connectivity index (χ0) is 10.6. The first kappa shape index (κ1) is 12.1. The van der Waals surface area contributed by atoms with E-state index in [9.17, 15) is 0 Å². The van der Waals surface area contributed by atoms with E-state index in [-0.39, 0.29) is 0 Å². The first-order valence-corrected chi connectivity index (χ1v) is 6.24. The van der Waals surface area contributed by atoms with Crippen molar-refractivity contribution in [3.63, 3.8) is 0 Å². The molecule has 1 saturated carbocycles. The Bertz CT molecular complexity index is 191. The summed E-state index contributed by atoms with van der Waals surface area (Å²) in [6.07, 6.45) is 5.53. The molecule has 0 N–H and O–H groups in total. The molecule has 0 aliphatic heterocycles. The van der Waals surface area contributed by atoms with Gasteiger partial charge in [-0.05, 0) is 25.8 Å². The highest BCUT2D eigenvalue weighted by atomic mass is 32.1. The van der Waals surface area contributed by atoms with Gasteiger partial charge >= 0.3 is 0 Å². The first-order valence-electron chi connectivity index (χ1n) is 5.61. The third kappa shape index (κ3) is 3.66. The van der Waals surface area contributed by atoms with E-state index >= 15 is 0 Å². The molecule has 0 saturated heterocycles. The van der Waals surface area contributed by atoms with E-state index in [1.54, 1.807) is 0 Å². The van der Waals surface area contributed by atoms with E-state index < -0.39 is 0 Å². The fourth-order valence-corrected chi connectivity index (χ4v) is 2.43. The molecular formula is C12H23NS. The van der Waals surface area contributed by atoms with Crippen LogP contribution in [-0.4, -0.2) is 30.3 Å². The maximum Gasteiger partial charge on any atom is 0.0198 e. The fourth-order valence-electron chi connectivity index (χ4n) is 2.33. The topological polar surface area (TPSA) is 3.24 Å². The summed E-state index contributed by atoms with van der Waals surface area (Å²) in [5.41, 5.74) is 1.23. The molecule has 0 aromatic carbocycles. The minimum atomic E-state index is 0.774. The number of rotatable bonds is 4. The second-order valence-corrected chi connectivity index (χ2v) is 5.07. The van der Waals surface area contributed by atoms with Crippen LogP contribution >= 0.6 is 12.6 Å². The van der Waals surface area contributed by atoms with Crippen molar-refractivity contribution in [3.8, 4) is 0 Å². The maximum atomic E-state index is 4.25. The van der Waals surface area contributed by atoms with Gasteiger partial charge in [0, 0.05) is 18.3 Å². The molecule has 0 heterocycles. The third-order valence-corrected chi connectivity index (χ3v) is 3.68. The van der Waals surface area contributed by atoms with E-state index in [0.717, 1.165) is 24.3 Å². The Kier molecular flexibility index (Phi) is 5.04. The van der Waals surface area contributed by atoms with Gasteiger partial charge < -0.3 is 0 Å². The molecule has 14 heavy (non-hydrogen) atoms.